The first kappa shape index (κ1) is 35.7. The molecule has 0 aliphatic carbocycles. The van der Waals surface area contributed by atoms with E-state index in [0.717, 1.165) is 33.5 Å². The van der Waals surface area contributed by atoms with Gasteiger partial charge in [0.15, 0.2) is 0 Å². The van der Waals surface area contributed by atoms with Crippen molar-refractivity contribution in [2.45, 2.75) is 72.6 Å². The molecule has 1 saturated heterocycles. The molecule has 0 radical (unpaired) electrons. The van der Waals surface area contributed by atoms with E-state index in [1.165, 1.54) is 0 Å². The maximum atomic E-state index is 13.1. The van der Waals surface area contributed by atoms with Crippen molar-refractivity contribution >= 4 is 34.3 Å². The highest BCUT2D eigenvalue weighted by molar-refractivity contribution is 5.96. The number of hydrogen-bond donors (Lipinski definition) is 0. The SMILES string of the molecule is CN(C)CCOc1nc2c(c(N3CCN(C(=O)OC(C)(C)C)[C@@H](CC#N)C3)n1)CCN(c1cc(OC(=O)C(C)(C)C)cc3ccccc13)C2. The van der Waals surface area contributed by atoms with Crippen molar-refractivity contribution in [3.8, 4) is 17.8 Å². The smallest absolute Gasteiger partial charge is 0.410 e. The maximum absolute atomic E-state index is 13.1. The second kappa shape index (κ2) is 14.5. The molecule has 2 aliphatic rings. The lowest BCUT2D eigenvalue weighted by Gasteiger charge is -2.42. The highest BCUT2D eigenvalue weighted by atomic mass is 16.6. The van der Waals surface area contributed by atoms with E-state index in [9.17, 15) is 14.9 Å². The van der Waals surface area contributed by atoms with Crippen LogP contribution in [0.1, 0.15) is 59.2 Å². The van der Waals surface area contributed by atoms with Crippen LogP contribution < -0.4 is 19.3 Å². The number of fused-ring (bicyclic) bond motifs is 2. The number of nitriles is 1. The fourth-order valence-electron chi connectivity index (χ4n) is 5.97. The molecule has 1 amide bonds. The van der Waals surface area contributed by atoms with Crippen molar-refractivity contribution < 1.29 is 23.8 Å². The Morgan fingerprint density at radius 1 is 1.02 bits per heavy atom. The van der Waals surface area contributed by atoms with E-state index < -0.39 is 17.1 Å². The number of nitrogens with zero attached hydrogens (tertiary/aromatic N) is 7. The third-order valence-corrected chi connectivity index (χ3v) is 8.51. The second-order valence-electron chi connectivity index (χ2n) is 15.0. The summed E-state index contributed by atoms with van der Waals surface area (Å²) < 4.78 is 17.6. The highest BCUT2D eigenvalue weighted by Crippen LogP contribution is 2.37. The Labute approximate surface area is 289 Å². The van der Waals surface area contributed by atoms with Crippen LogP contribution in [0.25, 0.3) is 10.8 Å². The molecule has 1 aromatic heterocycles. The fourth-order valence-corrected chi connectivity index (χ4v) is 5.97. The Hall–Kier alpha value is -4.63. The minimum Gasteiger partial charge on any atom is -0.462 e. The zero-order chi connectivity index (χ0) is 35.5. The minimum atomic E-state index is -0.642. The Morgan fingerprint density at radius 2 is 1.78 bits per heavy atom. The molecule has 0 saturated carbocycles. The lowest BCUT2D eigenvalue weighted by atomic mass is 9.97. The van der Waals surface area contributed by atoms with E-state index in [1.54, 1.807) is 4.90 Å². The largest absolute Gasteiger partial charge is 0.462 e. The van der Waals surface area contributed by atoms with Crippen molar-refractivity contribution in [1.29, 1.82) is 5.26 Å². The summed E-state index contributed by atoms with van der Waals surface area (Å²) in [5.74, 6) is 0.979. The first-order valence-corrected chi connectivity index (χ1v) is 16.9. The summed E-state index contributed by atoms with van der Waals surface area (Å²) in [7, 11) is 3.97. The van der Waals surface area contributed by atoms with Gasteiger partial charge in [-0.2, -0.15) is 15.2 Å². The Bertz CT molecular complexity index is 1720. The minimum absolute atomic E-state index is 0.173. The molecule has 3 aromatic rings. The molecule has 0 unspecified atom stereocenters. The van der Waals surface area contributed by atoms with E-state index in [1.807, 2.05) is 90.9 Å². The van der Waals surface area contributed by atoms with E-state index in [0.29, 0.717) is 64.1 Å². The Balaban J connectivity index is 1.48. The van der Waals surface area contributed by atoms with Gasteiger partial charge >= 0.3 is 18.1 Å². The van der Waals surface area contributed by atoms with E-state index in [2.05, 4.69) is 21.9 Å². The number of carbonyl (C=O) groups is 2. The number of likely N-dealkylation sites (N-methyl/N-ethyl adjacent to an activating group) is 1. The zero-order valence-corrected chi connectivity index (χ0v) is 30.1. The lowest BCUT2D eigenvalue weighted by Crippen LogP contribution is -2.56. The fraction of sp³-hybridized carbons (Fsp3) is 0.541. The van der Waals surface area contributed by atoms with Gasteiger partial charge in [0.05, 0.1) is 36.2 Å². The molecule has 3 heterocycles. The first-order chi connectivity index (χ1) is 23.1. The predicted octanol–water partition coefficient (Wildman–Crippen LogP) is 5.42. The number of hydrogen-bond acceptors (Lipinski definition) is 11. The molecule has 0 spiro atoms. The molecule has 12 heteroatoms. The molecular formula is C37H49N7O5. The summed E-state index contributed by atoms with van der Waals surface area (Å²) in [5, 5.41) is 11.7. The van der Waals surface area contributed by atoms with Gasteiger partial charge in [-0.1, -0.05) is 24.3 Å². The summed E-state index contributed by atoms with van der Waals surface area (Å²) in [6, 6.07) is 14.1. The normalized spacial score (nSPS) is 16.7. The van der Waals surface area contributed by atoms with Crippen LogP contribution in [0, 0.1) is 16.7 Å². The van der Waals surface area contributed by atoms with Gasteiger partial charge in [-0.3, -0.25) is 4.79 Å². The predicted molar refractivity (Wildman–Crippen MR) is 189 cm³/mol. The first-order valence-electron chi connectivity index (χ1n) is 16.9. The van der Waals surface area contributed by atoms with Gasteiger partial charge in [0.1, 0.15) is 23.8 Å². The molecule has 1 fully saturated rings. The zero-order valence-electron chi connectivity index (χ0n) is 30.1. The number of rotatable bonds is 8. The van der Waals surface area contributed by atoms with Crippen LogP contribution in [-0.2, 0) is 22.5 Å². The summed E-state index contributed by atoms with van der Waals surface area (Å²) in [6.07, 6.45) is 0.424. The number of amides is 1. The van der Waals surface area contributed by atoms with Crippen molar-refractivity contribution in [2.24, 2.45) is 5.41 Å². The van der Waals surface area contributed by atoms with Gasteiger partial charge in [-0.05, 0) is 73.5 Å². The Kier molecular flexibility index (Phi) is 10.5. The van der Waals surface area contributed by atoms with Gasteiger partial charge in [0.25, 0.3) is 0 Å². The van der Waals surface area contributed by atoms with Crippen LogP contribution in [0.15, 0.2) is 36.4 Å². The molecule has 1 atom stereocenters. The van der Waals surface area contributed by atoms with Crippen LogP contribution >= 0.6 is 0 Å². The van der Waals surface area contributed by atoms with Gasteiger partial charge in [-0.15, -0.1) is 0 Å². The molecule has 2 aromatic carbocycles. The monoisotopic (exact) mass is 671 g/mol. The lowest BCUT2D eigenvalue weighted by molar-refractivity contribution is -0.142. The average molecular weight is 672 g/mol. The van der Waals surface area contributed by atoms with Crippen LogP contribution in [0.2, 0.25) is 0 Å². The number of esters is 1. The van der Waals surface area contributed by atoms with E-state index in [4.69, 9.17) is 24.2 Å². The molecule has 0 bridgehead atoms. The van der Waals surface area contributed by atoms with Crippen molar-refractivity contribution in [1.82, 2.24) is 19.8 Å². The average Bonchev–Trinajstić information content (AvgIpc) is 3.02. The van der Waals surface area contributed by atoms with Crippen molar-refractivity contribution in [3.63, 3.8) is 0 Å². The molecular weight excluding hydrogens is 622 g/mol. The summed E-state index contributed by atoms with van der Waals surface area (Å²) in [5.41, 5.74) is 1.55. The van der Waals surface area contributed by atoms with Crippen LogP contribution in [-0.4, -0.2) is 96.9 Å². The molecule has 5 rings (SSSR count). The van der Waals surface area contributed by atoms with Gasteiger partial charge < -0.3 is 33.8 Å². The molecule has 2 aliphatic heterocycles. The van der Waals surface area contributed by atoms with Crippen molar-refractivity contribution in [2.75, 3.05) is 63.2 Å². The van der Waals surface area contributed by atoms with Crippen molar-refractivity contribution in [3.05, 3.63) is 47.7 Å². The number of piperazine rings is 1. The topological polar surface area (TPSA) is 124 Å². The third-order valence-electron chi connectivity index (χ3n) is 8.51. The molecule has 12 nitrogen and oxygen atoms in total. The second-order valence-corrected chi connectivity index (χ2v) is 15.0. The number of carbonyl (C=O) groups excluding carboxylic acids is 2. The molecule has 49 heavy (non-hydrogen) atoms. The van der Waals surface area contributed by atoms with Gasteiger partial charge in [0, 0.05) is 55.4 Å². The number of aromatic nitrogens is 2. The van der Waals surface area contributed by atoms with Crippen LogP contribution in [0.4, 0.5) is 16.3 Å². The quantitative estimate of drug-likeness (QED) is 0.225. The summed E-state index contributed by atoms with van der Waals surface area (Å²) in [4.78, 5) is 43.9. The maximum Gasteiger partial charge on any atom is 0.410 e. The van der Waals surface area contributed by atoms with Crippen LogP contribution in [0.3, 0.4) is 0 Å². The van der Waals surface area contributed by atoms with Crippen LogP contribution in [0.5, 0.6) is 11.8 Å². The highest BCUT2D eigenvalue weighted by Gasteiger charge is 2.36. The Morgan fingerprint density at radius 3 is 2.47 bits per heavy atom. The van der Waals surface area contributed by atoms with E-state index in [-0.39, 0.29) is 18.4 Å². The van der Waals surface area contributed by atoms with Gasteiger partial charge in [0.2, 0.25) is 0 Å². The summed E-state index contributed by atoms with van der Waals surface area (Å²) >= 11 is 0. The van der Waals surface area contributed by atoms with E-state index >= 15 is 0 Å². The summed E-state index contributed by atoms with van der Waals surface area (Å²) in [6.45, 7) is 14.7. The molecule has 262 valence electrons. The molecule has 0 N–H and O–H groups in total. The van der Waals surface area contributed by atoms with Gasteiger partial charge in [-0.25, -0.2) is 4.79 Å². The number of benzene rings is 2. The standard InChI is InChI=1S/C37H49N7O5/c1-36(2,3)33(45)48-27-21-25-11-9-10-12-28(25)31(22-27)42-16-14-29-30(24-42)39-34(47-20-19-41(7)8)40-32(29)43-17-18-44(26(23-43)13-15-38)35(46)49-37(4,5)6/h9-12,21-22,26H,13-14,16-20,23-24H2,1-8H3/t26-/m0/s1. The number of ether oxygens (including phenoxy) is 3. The number of anilines is 2. The third kappa shape index (κ3) is 8.70.